The summed E-state index contributed by atoms with van der Waals surface area (Å²) in [6.07, 6.45) is 3.55. The fourth-order valence-electron chi connectivity index (χ4n) is 3.80. The van der Waals surface area contributed by atoms with Crippen LogP contribution < -0.4 is 10.5 Å². The van der Waals surface area contributed by atoms with E-state index in [9.17, 15) is 0 Å². The van der Waals surface area contributed by atoms with Crippen LogP contribution >= 0.6 is 11.9 Å². The van der Waals surface area contributed by atoms with E-state index < -0.39 is 0 Å². The molecule has 6 heteroatoms. The van der Waals surface area contributed by atoms with E-state index in [0.717, 1.165) is 43.9 Å². The van der Waals surface area contributed by atoms with E-state index in [1.807, 2.05) is 42.5 Å². The maximum absolute atomic E-state index is 5.76. The third kappa shape index (κ3) is 4.06. The van der Waals surface area contributed by atoms with E-state index in [4.69, 9.17) is 5.14 Å². The van der Waals surface area contributed by atoms with Gasteiger partial charge >= 0.3 is 0 Å². The Morgan fingerprint density at radius 3 is 2.34 bits per heavy atom. The van der Waals surface area contributed by atoms with E-state index in [2.05, 4.69) is 63.0 Å². The number of rotatable bonds is 6. The van der Waals surface area contributed by atoms with E-state index in [1.54, 1.807) is 12.4 Å². The van der Waals surface area contributed by atoms with Gasteiger partial charge in [0.15, 0.2) is 5.82 Å². The fraction of sp³-hybridized carbons (Fsp3) is 0.0385. The molecular weight excluding hydrogens is 414 g/mol. The molecule has 3 aromatic carbocycles. The molecule has 3 N–H and O–H groups in total. The van der Waals surface area contributed by atoms with Crippen molar-refractivity contribution in [3.8, 4) is 22.4 Å². The van der Waals surface area contributed by atoms with Gasteiger partial charge in [-0.3, -0.25) is 10.1 Å². The number of benzene rings is 3. The summed E-state index contributed by atoms with van der Waals surface area (Å²) in [5.41, 5.74) is 5.08. The monoisotopic (exact) mass is 435 g/mol. The first-order valence-corrected chi connectivity index (χ1v) is 11.2. The molecule has 5 nitrogen and oxygen atoms in total. The number of fused-ring (bicyclic) bond motifs is 1. The average Bonchev–Trinajstić information content (AvgIpc) is 2.88. The SMILES string of the molecule is NSc1cncc(-c2nnc(NCc3ccccc3)c3c(-c4ccccc4)cccc23)c1. The number of hydrogen-bond donors (Lipinski definition) is 2. The first kappa shape index (κ1) is 20.2. The average molecular weight is 436 g/mol. The summed E-state index contributed by atoms with van der Waals surface area (Å²) >= 11 is 1.17. The first-order valence-electron chi connectivity index (χ1n) is 10.3. The van der Waals surface area contributed by atoms with Crippen molar-refractivity contribution in [1.82, 2.24) is 15.2 Å². The standard InChI is InChI=1S/C26H21N5S/c27-32-21-14-20(16-28-17-21)25-23-13-7-12-22(19-10-5-2-6-11-19)24(23)26(31-30-25)29-15-18-8-3-1-4-9-18/h1-14,16-17H,15,27H2,(H,29,31). The Labute approximate surface area is 190 Å². The van der Waals surface area contributed by atoms with Crippen LogP contribution in [0.25, 0.3) is 33.2 Å². The molecule has 0 unspecified atom stereocenters. The molecule has 5 aromatic rings. The van der Waals surface area contributed by atoms with E-state index in [1.165, 1.54) is 17.5 Å². The molecule has 0 atom stereocenters. The third-order valence-corrected chi connectivity index (χ3v) is 5.81. The lowest BCUT2D eigenvalue weighted by Crippen LogP contribution is -2.05. The molecule has 2 aromatic heterocycles. The second-order valence-corrected chi connectivity index (χ2v) is 8.06. The molecule has 0 amide bonds. The van der Waals surface area contributed by atoms with Crippen molar-refractivity contribution in [2.75, 3.05) is 5.32 Å². The lowest BCUT2D eigenvalue weighted by Gasteiger charge is -2.15. The zero-order valence-electron chi connectivity index (χ0n) is 17.3. The summed E-state index contributed by atoms with van der Waals surface area (Å²) < 4.78 is 0. The molecule has 0 saturated heterocycles. The quantitative estimate of drug-likeness (QED) is 0.322. The van der Waals surface area contributed by atoms with E-state index >= 15 is 0 Å². The van der Waals surface area contributed by atoms with Crippen LogP contribution in [0, 0.1) is 0 Å². The van der Waals surface area contributed by atoms with Gasteiger partial charge in [0, 0.05) is 40.2 Å². The predicted octanol–water partition coefficient (Wildman–Crippen LogP) is 5.94. The molecule has 32 heavy (non-hydrogen) atoms. The van der Waals surface area contributed by atoms with Crippen LogP contribution in [0.2, 0.25) is 0 Å². The minimum absolute atomic E-state index is 0.661. The Balaban J connectivity index is 1.69. The molecule has 0 saturated carbocycles. The van der Waals surface area contributed by atoms with Gasteiger partial charge in [0.2, 0.25) is 0 Å². The van der Waals surface area contributed by atoms with Crippen LogP contribution in [0.1, 0.15) is 5.56 Å². The minimum Gasteiger partial charge on any atom is -0.364 e. The lowest BCUT2D eigenvalue weighted by atomic mass is 9.96. The number of nitrogens with two attached hydrogens (primary N) is 1. The van der Waals surface area contributed by atoms with E-state index in [0.29, 0.717) is 6.54 Å². The topological polar surface area (TPSA) is 76.7 Å². The molecular formula is C26H21N5S. The largest absolute Gasteiger partial charge is 0.364 e. The Hall–Kier alpha value is -3.74. The molecule has 156 valence electrons. The second kappa shape index (κ2) is 9.18. The summed E-state index contributed by atoms with van der Waals surface area (Å²) in [6.45, 7) is 0.661. The normalized spacial score (nSPS) is 10.9. The van der Waals surface area contributed by atoms with Crippen molar-refractivity contribution < 1.29 is 0 Å². The van der Waals surface area contributed by atoms with Crippen molar-refractivity contribution >= 4 is 28.5 Å². The fourth-order valence-corrected chi connectivity index (χ4v) is 4.12. The number of nitrogens with one attached hydrogen (secondary N) is 1. The Morgan fingerprint density at radius 2 is 1.56 bits per heavy atom. The highest BCUT2D eigenvalue weighted by Gasteiger charge is 2.16. The van der Waals surface area contributed by atoms with Crippen LogP contribution in [0.15, 0.2) is 102 Å². The van der Waals surface area contributed by atoms with Crippen LogP contribution in [0.5, 0.6) is 0 Å². The molecule has 0 aliphatic carbocycles. The van der Waals surface area contributed by atoms with Gasteiger partial charge in [-0.05, 0) is 34.7 Å². The highest BCUT2D eigenvalue weighted by atomic mass is 32.2. The van der Waals surface area contributed by atoms with Crippen molar-refractivity contribution in [3.05, 3.63) is 103 Å². The molecule has 5 rings (SSSR count). The zero-order chi connectivity index (χ0) is 21.8. The maximum atomic E-state index is 5.76. The van der Waals surface area contributed by atoms with Gasteiger partial charge in [0.1, 0.15) is 5.69 Å². The minimum atomic E-state index is 0.661. The van der Waals surface area contributed by atoms with Crippen molar-refractivity contribution in [2.45, 2.75) is 11.4 Å². The number of aromatic nitrogens is 3. The molecule has 2 heterocycles. The second-order valence-electron chi connectivity index (χ2n) is 7.36. The maximum Gasteiger partial charge on any atom is 0.157 e. The number of pyridine rings is 1. The van der Waals surface area contributed by atoms with Crippen molar-refractivity contribution in [1.29, 1.82) is 0 Å². The van der Waals surface area contributed by atoms with Gasteiger partial charge in [0.25, 0.3) is 0 Å². The summed E-state index contributed by atoms with van der Waals surface area (Å²) in [4.78, 5) is 5.21. The van der Waals surface area contributed by atoms with Crippen LogP contribution in [-0.4, -0.2) is 15.2 Å². The Bertz CT molecular complexity index is 1360. The van der Waals surface area contributed by atoms with Gasteiger partial charge in [-0.1, -0.05) is 78.9 Å². The highest BCUT2D eigenvalue weighted by Crippen LogP contribution is 2.37. The molecule has 0 radical (unpaired) electrons. The van der Waals surface area contributed by atoms with Crippen LogP contribution in [-0.2, 0) is 6.54 Å². The number of nitrogens with zero attached hydrogens (tertiary/aromatic N) is 3. The molecule has 0 fully saturated rings. The van der Waals surface area contributed by atoms with Gasteiger partial charge in [-0.2, -0.15) is 0 Å². The summed E-state index contributed by atoms with van der Waals surface area (Å²) in [5, 5.41) is 20.5. The lowest BCUT2D eigenvalue weighted by molar-refractivity contribution is 1.02. The molecule has 0 aliphatic rings. The van der Waals surface area contributed by atoms with Gasteiger partial charge in [-0.25, -0.2) is 0 Å². The van der Waals surface area contributed by atoms with Gasteiger partial charge in [0.05, 0.1) is 0 Å². The third-order valence-electron chi connectivity index (χ3n) is 5.32. The van der Waals surface area contributed by atoms with Crippen molar-refractivity contribution in [3.63, 3.8) is 0 Å². The van der Waals surface area contributed by atoms with E-state index in [-0.39, 0.29) is 0 Å². The summed E-state index contributed by atoms with van der Waals surface area (Å²) in [5.74, 6) is 0.754. The van der Waals surface area contributed by atoms with Gasteiger partial charge < -0.3 is 5.32 Å². The van der Waals surface area contributed by atoms with Crippen LogP contribution in [0.3, 0.4) is 0 Å². The Kier molecular flexibility index (Phi) is 5.79. The number of anilines is 1. The zero-order valence-corrected chi connectivity index (χ0v) is 18.1. The van der Waals surface area contributed by atoms with Gasteiger partial charge in [-0.15, -0.1) is 10.2 Å². The molecule has 0 aliphatic heterocycles. The first-order chi connectivity index (χ1) is 15.8. The summed E-state index contributed by atoms with van der Waals surface area (Å²) in [6, 6.07) is 28.9. The smallest absolute Gasteiger partial charge is 0.157 e. The summed E-state index contributed by atoms with van der Waals surface area (Å²) in [7, 11) is 0. The molecule has 0 bridgehead atoms. The molecule has 0 spiro atoms. The number of hydrogen-bond acceptors (Lipinski definition) is 6. The predicted molar refractivity (Wildman–Crippen MR) is 132 cm³/mol. The van der Waals surface area contributed by atoms with Crippen molar-refractivity contribution in [2.24, 2.45) is 5.14 Å². The highest BCUT2D eigenvalue weighted by molar-refractivity contribution is 7.97. The Morgan fingerprint density at radius 1 is 0.781 bits per heavy atom. The van der Waals surface area contributed by atoms with Crippen LogP contribution in [0.4, 0.5) is 5.82 Å².